The van der Waals surface area contributed by atoms with Gasteiger partial charge in [-0.3, -0.25) is 5.32 Å². The SMILES string of the molecule is O=C(Nc1cccc(Cl)n1)Nc1cc(S(=O)(=O)NCC(F)(F)F)ccc1-c1ccccc1. The van der Waals surface area contributed by atoms with E-state index >= 15 is 0 Å². The van der Waals surface area contributed by atoms with Gasteiger partial charge in [0, 0.05) is 5.56 Å². The number of urea groups is 1. The molecule has 168 valence electrons. The summed E-state index contributed by atoms with van der Waals surface area (Å²) in [7, 11) is -4.49. The zero-order valence-corrected chi connectivity index (χ0v) is 17.7. The standard InChI is InChI=1S/C20H16ClF3N4O3S/c21-17-7-4-8-18(27-17)28-19(29)26-16-11-14(32(30,31)25-12-20(22,23)24)9-10-15(16)13-5-2-1-3-6-13/h1-11,25H,12H2,(H2,26,27,28,29). The lowest BCUT2D eigenvalue weighted by molar-refractivity contribution is -0.121. The van der Waals surface area contributed by atoms with Crippen LogP contribution in [0.3, 0.4) is 0 Å². The van der Waals surface area contributed by atoms with E-state index in [4.69, 9.17) is 11.6 Å². The van der Waals surface area contributed by atoms with Gasteiger partial charge >= 0.3 is 12.2 Å². The van der Waals surface area contributed by atoms with E-state index in [2.05, 4.69) is 15.6 Å². The number of aromatic nitrogens is 1. The molecule has 32 heavy (non-hydrogen) atoms. The van der Waals surface area contributed by atoms with Crippen molar-refractivity contribution in [1.29, 1.82) is 0 Å². The fourth-order valence-electron chi connectivity index (χ4n) is 2.67. The predicted molar refractivity (Wildman–Crippen MR) is 115 cm³/mol. The zero-order valence-electron chi connectivity index (χ0n) is 16.2. The average molecular weight is 485 g/mol. The van der Waals surface area contributed by atoms with Crippen LogP contribution in [0.25, 0.3) is 11.1 Å². The van der Waals surface area contributed by atoms with Crippen molar-refractivity contribution in [2.24, 2.45) is 0 Å². The highest BCUT2D eigenvalue weighted by atomic mass is 35.5. The molecule has 7 nitrogen and oxygen atoms in total. The van der Waals surface area contributed by atoms with Crippen LogP contribution in [0.15, 0.2) is 71.6 Å². The maximum Gasteiger partial charge on any atom is 0.402 e. The van der Waals surface area contributed by atoms with E-state index in [0.717, 1.165) is 12.1 Å². The maximum absolute atomic E-state index is 12.5. The molecule has 0 spiro atoms. The molecule has 0 bridgehead atoms. The Bertz CT molecular complexity index is 1220. The van der Waals surface area contributed by atoms with Crippen molar-refractivity contribution in [3.05, 3.63) is 71.9 Å². The third-order valence-electron chi connectivity index (χ3n) is 4.05. The van der Waals surface area contributed by atoms with Crippen molar-refractivity contribution in [2.75, 3.05) is 17.2 Å². The highest BCUT2D eigenvalue weighted by Gasteiger charge is 2.30. The van der Waals surface area contributed by atoms with E-state index in [1.165, 1.54) is 22.9 Å². The number of benzene rings is 2. The summed E-state index contributed by atoms with van der Waals surface area (Å²) in [6, 6.07) is 16.2. The van der Waals surface area contributed by atoms with Gasteiger partial charge in [0.1, 0.15) is 17.5 Å². The number of nitrogens with zero attached hydrogens (tertiary/aromatic N) is 1. The summed E-state index contributed by atoms with van der Waals surface area (Å²) in [4.78, 5) is 15.9. The summed E-state index contributed by atoms with van der Waals surface area (Å²) in [6.07, 6.45) is -4.72. The number of sulfonamides is 1. The summed E-state index contributed by atoms with van der Waals surface area (Å²) in [6.45, 7) is -1.72. The van der Waals surface area contributed by atoms with E-state index in [1.54, 1.807) is 36.4 Å². The van der Waals surface area contributed by atoms with Gasteiger partial charge in [0.15, 0.2) is 0 Å². The molecule has 0 aliphatic rings. The molecule has 2 aromatic carbocycles. The highest BCUT2D eigenvalue weighted by molar-refractivity contribution is 7.89. The molecular formula is C20H16ClF3N4O3S. The largest absolute Gasteiger partial charge is 0.402 e. The smallest absolute Gasteiger partial charge is 0.307 e. The lowest BCUT2D eigenvalue weighted by Crippen LogP contribution is -2.33. The Morgan fingerprint density at radius 1 is 0.969 bits per heavy atom. The lowest BCUT2D eigenvalue weighted by atomic mass is 10.0. The van der Waals surface area contributed by atoms with Crippen LogP contribution < -0.4 is 15.4 Å². The molecule has 2 amide bonds. The Morgan fingerprint density at radius 3 is 2.34 bits per heavy atom. The van der Waals surface area contributed by atoms with Crippen molar-refractivity contribution < 1.29 is 26.4 Å². The van der Waals surface area contributed by atoms with Crippen molar-refractivity contribution in [2.45, 2.75) is 11.1 Å². The van der Waals surface area contributed by atoms with Crippen LogP contribution in [0.1, 0.15) is 0 Å². The number of carbonyl (C=O) groups is 1. The van der Waals surface area contributed by atoms with Gasteiger partial charge in [-0.2, -0.15) is 13.2 Å². The summed E-state index contributed by atoms with van der Waals surface area (Å²) in [5.41, 5.74) is 1.16. The molecule has 0 saturated carbocycles. The molecule has 0 atom stereocenters. The Kier molecular flexibility index (Phi) is 7.02. The zero-order chi connectivity index (χ0) is 23.4. The van der Waals surface area contributed by atoms with Crippen LogP contribution in [-0.4, -0.2) is 32.2 Å². The predicted octanol–water partition coefficient (Wildman–Crippen LogP) is 4.89. The minimum Gasteiger partial charge on any atom is -0.307 e. The Morgan fingerprint density at radius 2 is 1.69 bits per heavy atom. The minimum atomic E-state index is -4.72. The van der Waals surface area contributed by atoms with Crippen LogP contribution in [0.5, 0.6) is 0 Å². The number of pyridine rings is 1. The van der Waals surface area contributed by atoms with E-state index in [0.29, 0.717) is 11.1 Å². The summed E-state index contributed by atoms with van der Waals surface area (Å²) < 4.78 is 63.6. The Hall–Kier alpha value is -3.15. The molecule has 12 heteroatoms. The number of hydrogen-bond acceptors (Lipinski definition) is 4. The normalized spacial score (nSPS) is 11.8. The first-order valence-electron chi connectivity index (χ1n) is 9.00. The minimum absolute atomic E-state index is 0.0608. The lowest BCUT2D eigenvalue weighted by Gasteiger charge is -2.15. The first-order valence-corrected chi connectivity index (χ1v) is 10.9. The van der Waals surface area contributed by atoms with Gasteiger partial charge in [0.05, 0.1) is 10.6 Å². The van der Waals surface area contributed by atoms with Gasteiger partial charge in [0.2, 0.25) is 10.0 Å². The van der Waals surface area contributed by atoms with Crippen molar-refractivity contribution in [1.82, 2.24) is 9.71 Å². The van der Waals surface area contributed by atoms with Crippen LogP contribution in [0.2, 0.25) is 5.15 Å². The van der Waals surface area contributed by atoms with Crippen LogP contribution >= 0.6 is 11.6 Å². The number of amides is 2. The van der Waals surface area contributed by atoms with Crippen LogP contribution in [0, 0.1) is 0 Å². The van der Waals surface area contributed by atoms with Crippen LogP contribution in [0.4, 0.5) is 29.5 Å². The van der Waals surface area contributed by atoms with E-state index in [-0.39, 0.29) is 16.7 Å². The monoisotopic (exact) mass is 484 g/mol. The molecule has 0 radical (unpaired) electrons. The molecule has 0 saturated heterocycles. The Balaban J connectivity index is 1.93. The van der Waals surface area contributed by atoms with Gasteiger partial charge in [-0.05, 0) is 29.8 Å². The number of rotatable bonds is 6. The highest BCUT2D eigenvalue weighted by Crippen LogP contribution is 2.31. The van der Waals surface area contributed by atoms with E-state index in [1.807, 2.05) is 0 Å². The number of halogens is 4. The van der Waals surface area contributed by atoms with E-state index in [9.17, 15) is 26.4 Å². The van der Waals surface area contributed by atoms with Gasteiger partial charge in [-0.15, -0.1) is 0 Å². The third kappa shape index (κ3) is 6.42. The second kappa shape index (κ2) is 9.55. The molecule has 0 aliphatic carbocycles. The summed E-state index contributed by atoms with van der Waals surface area (Å²) >= 11 is 5.79. The van der Waals surface area contributed by atoms with Gasteiger partial charge in [-0.1, -0.05) is 54.1 Å². The van der Waals surface area contributed by atoms with E-state index < -0.39 is 33.7 Å². The number of carbonyl (C=O) groups excluding carboxylic acids is 1. The quantitative estimate of drug-likeness (QED) is 0.434. The second-order valence-corrected chi connectivity index (χ2v) is 8.59. The van der Waals surface area contributed by atoms with Crippen LogP contribution in [-0.2, 0) is 10.0 Å². The molecule has 3 rings (SSSR count). The first-order chi connectivity index (χ1) is 15.0. The fourth-order valence-corrected chi connectivity index (χ4v) is 3.88. The van der Waals surface area contributed by atoms with Crippen molar-refractivity contribution >= 4 is 39.2 Å². The first kappa shape index (κ1) is 23.5. The number of anilines is 2. The number of alkyl halides is 3. The average Bonchev–Trinajstić information content (AvgIpc) is 2.72. The molecule has 1 heterocycles. The molecule has 0 aliphatic heterocycles. The second-order valence-electron chi connectivity index (χ2n) is 6.44. The van der Waals surface area contributed by atoms with Gasteiger partial charge in [0.25, 0.3) is 0 Å². The summed E-state index contributed by atoms with van der Waals surface area (Å²) in [5.74, 6) is 0.145. The third-order valence-corrected chi connectivity index (χ3v) is 5.66. The number of hydrogen-bond donors (Lipinski definition) is 3. The maximum atomic E-state index is 12.5. The Labute approximate surface area is 186 Å². The number of nitrogens with one attached hydrogen (secondary N) is 3. The van der Waals surface area contributed by atoms with Crippen molar-refractivity contribution in [3.8, 4) is 11.1 Å². The molecule has 0 fully saturated rings. The van der Waals surface area contributed by atoms with Gasteiger partial charge < -0.3 is 5.32 Å². The summed E-state index contributed by atoms with van der Waals surface area (Å²) in [5, 5.41) is 5.12. The fraction of sp³-hybridized carbons (Fsp3) is 0.100. The van der Waals surface area contributed by atoms with Gasteiger partial charge in [-0.25, -0.2) is 22.9 Å². The van der Waals surface area contributed by atoms with Crippen molar-refractivity contribution in [3.63, 3.8) is 0 Å². The topological polar surface area (TPSA) is 100 Å². The molecule has 1 aromatic heterocycles. The molecule has 3 aromatic rings. The molecule has 0 unspecified atom stereocenters. The molecular weight excluding hydrogens is 469 g/mol. The molecule has 3 N–H and O–H groups in total.